The van der Waals surface area contributed by atoms with Crippen molar-refractivity contribution < 1.29 is 4.48 Å². The molecular weight excluding hydrogens is 158 g/mol. The summed E-state index contributed by atoms with van der Waals surface area (Å²) in [5.41, 5.74) is 4.16. The van der Waals surface area contributed by atoms with E-state index in [9.17, 15) is 0 Å². The summed E-state index contributed by atoms with van der Waals surface area (Å²) in [6.45, 7) is 4.57. The van der Waals surface area contributed by atoms with Gasteiger partial charge in [0, 0.05) is 5.56 Å². The number of rotatable bonds is 3. The van der Waals surface area contributed by atoms with Gasteiger partial charge in [0.1, 0.15) is 12.7 Å². The van der Waals surface area contributed by atoms with E-state index in [1.54, 1.807) is 0 Å². The zero-order valence-corrected chi connectivity index (χ0v) is 8.33. The first-order valence-electron chi connectivity index (χ1n) is 4.38. The van der Waals surface area contributed by atoms with Crippen LogP contribution >= 0.6 is 0 Å². The lowest BCUT2D eigenvalue weighted by Crippen LogP contribution is -2.31. The van der Waals surface area contributed by atoms with Crippen LogP contribution in [0.3, 0.4) is 0 Å². The highest BCUT2D eigenvalue weighted by molar-refractivity contribution is 5.13. The normalized spacial score (nSPS) is 10.6. The van der Waals surface area contributed by atoms with Crippen LogP contribution in [-0.4, -0.2) is 18.6 Å². The minimum absolute atomic E-state index is 0.785. The summed E-state index contributed by atoms with van der Waals surface area (Å²) in [4.78, 5) is 0. The van der Waals surface area contributed by atoms with Crippen molar-refractivity contribution >= 4 is 0 Å². The minimum Gasteiger partial charge on any atom is -0.292 e. The van der Waals surface area contributed by atoms with Crippen LogP contribution in [0.4, 0.5) is 0 Å². The summed E-state index contributed by atoms with van der Waals surface area (Å²) in [6.07, 6.45) is 1.97. The lowest BCUT2D eigenvalue weighted by molar-refractivity contribution is -0.852. The Morgan fingerprint density at radius 3 is 2.46 bits per heavy atom. The first-order valence-corrected chi connectivity index (χ1v) is 4.38. The Morgan fingerprint density at radius 2 is 1.92 bits per heavy atom. The second-order valence-electron chi connectivity index (χ2n) is 3.76. The largest absolute Gasteiger partial charge is 0.292 e. The summed E-state index contributed by atoms with van der Waals surface area (Å²) in [5, 5.41) is 0. The van der Waals surface area contributed by atoms with Crippen molar-refractivity contribution in [1.82, 2.24) is 0 Å². The molecule has 0 fully saturated rings. The predicted octanol–water partition coefficient (Wildman–Crippen LogP) is 2.56. The minimum atomic E-state index is 0.785. The van der Waals surface area contributed by atoms with Crippen molar-refractivity contribution in [2.24, 2.45) is 0 Å². The van der Waals surface area contributed by atoms with Gasteiger partial charge in [0.2, 0.25) is 0 Å². The number of nitrogens with zero attached hydrogens (tertiary/aromatic N) is 1. The van der Waals surface area contributed by atoms with Crippen molar-refractivity contribution in [1.29, 1.82) is 0 Å². The maximum absolute atomic E-state index is 3.59. The Balaban J connectivity index is 2.74. The Morgan fingerprint density at radius 1 is 1.31 bits per heavy atom. The van der Waals surface area contributed by atoms with Crippen molar-refractivity contribution in [3.05, 3.63) is 54.4 Å². The molecule has 1 aromatic rings. The third kappa shape index (κ3) is 3.29. The molecule has 0 saturated heterocycles. The Bertz CT molecular complexity index is 305. The number of benzene rings is 1. The van der Waals surface area contributed by atoms with E-state index in [2.05, 4.69) is 50.7 Å². The van der Waals surface area contributed by atoms with Crippen molar-refractivity contribution in [2.45, 2.75) is 6.54 Å². The quantitative estimate of drug-likeness (QED) is 0.488. The summed E-state index contributed by atoms with van der Waals surface area (Å²) < 4.78 is 0.785. The summed E-state index contributed by atoms with van der Waals surface area (Å²) in [6, 6.07) is 10.4. The number of hydrogen-bond donors (Lipinski definition) is 0. The lowest BCUT2D eigenvalue weighted by atomic mass is 10.2. The second-order valence-corrected chi connectivity index (χ2v) is 3.76. The van der Waals surface area contributed by atoms with E-state index in [0.717, 1.165) is 11.0 Å². The van der Waals surface area contributed by atoms with Gasteiger partial charge in [-0.25, -0.2) is 0 Å². The van der Waals surface area contributed by atoms with Crippen molar-refractivity contribution in [3.63, 3.8) is 0 Å². The maximum Gasteiger partial charge on any atom is 0.138 e. The van der Waals surface area contributed by atoms with E-state index in [1.807, 2.05) is 12.3 Å². The molecule has 0 radical (unpaired) electrons. The van der Waals surface area contributed by atoms with Gasteiger partial charge in [-0.15, -0.1) is 0 Å². The first-order chi connectivity index (χ1) is 6.14. The van der Waals surface area contributed by atoms with Gasteiger partial charge in [0.05, 0.1) is 14.1 Å². The third-order valence-corrected chi connectivity index (χ3v) is 1.87. The van der Waals surface area contributed by atoms with Gasteiger partial charge in [-0.1, -0.05) is 42.6 Å². The molecule has 0 amide bonds. The number of quaternary nitrogens is 1. The molecule has 13 heavy (non-hydrogen) atoms. The van der Waals surface area contributed by atoms with Gasteiger partial charge >= 0.3 is 0 Å². The summed E-state index contributed by atoms with van der Waals surface area (Å²) >= 11 is 0. The van der Waals surface area contributed by atoms with Crippen molar-refractivity contribution in [2.75, 3.05) is 14.1 Å². The smallest absolute Gasteiger partial charge is 0.138 e. The molecule has 0 aliphatic heterocycles. The fourth-order valence-electron chi connectivity index (χ4n) is 1.35. The zero-order chi connectivity index (χ0) is 9.73. The molecule has 1 nitrogen and oxygen atoms in total. The molecule has 1 rings (SSSR count). The van der Waals surface area contributed by atoms with Crippen LogP contribution in [0, 0.1) is 0 Å². The van der Waals surface area contributed by atoms with E-state index in [1.165, 1.54) is 5.56 Å². The summed E-state index contributed by atoms with van der Waals surface area (Å²) in [5.74, 6) is 0. The molecule has 0 atom stereocenters. The highest BCUT2D eigenvalue weighted by Crippen LogP contribution is 2.08. The van der Waals surface area contributed by atoms with Crippen molar-refractivity contribution in [3.8, 4) is 0 Å². The van der Waals surface area contributed by atoms with Gasteiger partial charge in [-0.3, -0.25) is 4.48 Å². The Hall–Kier alpha value is -1.30. The topological polar surface area (TPSA) is 0 Å². The molecule has 0 aliphatic carbocycles. The van der Waals surface area contributed by atoms with Gasteiger partial charge in [-0.2, -0.15) is 0 Å². The molecule has 0 spiro atoms. The van der Waals surface area contributed by atoms with Crippen LogP contribution in [0.25, 0.3) is 0 Å². The molecule has 0 heterocycles. The fraction of sp³-hybridized carbons (Fsp3) is 0.250. The van der Waals surface area contributed by atoms with E-state index < -0.39 is 0 Å². The molecule has 0 unspecified atom stereocenters. The SMILES string of the molecule is C=C=C[N+](C)(C)Cc1ccccc1. The van der Waals surface area contributed by atoms with E-state index >= 15 is 0 Å². The molecule has 0 aliphatic rings. The van der Waals surface area contributed by atoms with Crippen LogP contribution in [0.15, 0.2) is 48.8 Å². The fourth-order valence-corrected chi connectivity index (χ4v) is 1.35. The third-order valence-electron chi connectivity index (χ3n) is 1.87. The Labute approximate surface area is 80.2 Å². The van der Waals surface area contributed by atoms with E-state index in [4.69, 9.17) is 0 Å². The first kappa shape index (κ1) is 9.79. The van der Waals surface area contributed by atoms with Gasteiger partial charge in [-0.05, 0) is 0 Å². The molecule has 1 heteroatoms. The maximum atomic E-state index is 3.59. The predicted molar refractivity (Wildman–Crippen MR) is 56.0 cm³/mol. The van der Waals surface area contributed by atoms with Gasteiger partial charge < -0.3 is 0 Å². The van der Waals surface area contributed by atoms with Crippen LogP contribution in [-0.2, 0) is 6.54 Å². The Kier molecular flexibility index (Phi) is 3.07. The van der Waals surface area contributed by atoms with Crippen LogP contribution < -0.4 is 0 Å². The molecule has 0 saturated carbocycles. The average molecular weight is 174 g/mol. The lowest BCUT2D eigenvalue weighted by Gasteiger charge is -2.23. The highest BCUT2D eigenvalue weighted by atomic mass is 15.3. The van der Waals surface area contributed by atoms with Gasteiger partial charge in [0.15, 0.2) is 0 Å². The number of hydrogen-bond acceptors (Lipinski definition) is 0. The zero-order valence-electron chi connectivity index (χ0n) is 8.33. The highest BCUT2D eigenvalue weighted by Gasteiger charge is 2.10. The second kappa shape index (κ2) is 4.08. The van der Waals surface area contributed by atoms with E-state index in [0.29, 0.717) is 0 Å². The van der Waals surface area contributed by atoms with Gasteiger partial charge in [0.25, 0.3) is 0 Å². The van der Waals surface area contributed by atoms with Crippen LogP contribution in [0.5, 0.6) is 0 Å². The molecule has 0 bridgehead atoms. The molecular formula is C12H16N+. The van der Waals surface area contributed by atoms with E-state index in [-0.39, 0.29) is 0 Å². The molecule has 0 N–H and O–H groups in total. The van der Waals surface area contributed by atoms with Crippen LogP contribution in [0.1, 0.15) is 5.56 Å². The average Bonchev–Trinajstić information content (AvgIpc) is 2.04. The molecule has 68 valence electrons. The summed E-state index contributed by atoms with van der Waals surface area (Å²) in [7, 11) is 4.26. The molecule has 1 aromatic carbocycles. The standard InChI is InChI=1S/C12H16N/c1-4-10-13(2,3)11-12-8-6-5-7-9-12/h5-10H,1,11H2,2-3H3/q+1. The van der Waals surface area contributed by atoms with Crippen LogP contribution in [0.2, 0.25) is 0 Å². The monoisotopic (exact) mass is 174 g/mol. The molecule has 0 aromatic heterocycles.